The first-order valence-electron chi connectivity index (χ1n) is 9.63. The van der Waals surface area contributed by atoms with Gasteiger partial charge in [0.1, 0.15) is 5.82 Å². The second kappa shape index (κ2) is 7.39. The molecule has 3 fully saturated rings. The van der Waals surface area contributed by atoms with Crippen molar-refractivity contribution in [1.82, 2.24) is 10.6 Å². The quantitative estimate of drug-likeness (QED) is 0.326. The molecule has 0 spiro atoms. The Bertz CT molecular complexity index is 634. The third-order valence-electron chi connectivity index (χ3n) is 6.06. The number of aliphatic hydroxyl groups excluding tert-OH is 1. The lowest BCUT2D eigenvalue weighted by Crippen LogP contribution is -2.44. The molecular weight excluding hydrogens is 330 g/mol. The maximum absolute atomic E-state index is 11.7. The van der Waals surface area contributed by atoms with Crippen molar-refractivity contribution >= 4 is 18.6 Å². The molecule has 1 amide bonds. The van der Waals surface area contributed by atoms with Gasteiger partial charge in [0.25, 0.3) is 0 Å². The normalized spacial score (nSPS) is 31.7. The lowest BCUT2D eigenvalue weighted by atomic mass is 9.85. The van der Waals surface area contributed by atoms with E-state index in [1.54, 1.807) is 6.92 Å². The van der Waals surface area contributed by atoms with Gasteiger partial charge in [-0.25, -0.2) is 9.98 Å². The van der Waals surface area contributed by atoms with Crippen molar-refractivity contribution in [3.8, 4) is 0 Å². The summed E-state index contributed by atoms with van der Waals surface area (Å²) in [6.45, 7) is 7.36. The Morgan fingerprint density at radius 1 is 1.27 bits per heavy atom. The minimum atomic E-state index is -0.503. The van der Waals surface area contributed by atoms with Crippen LogP contribution in [0.25, 0.3) is 0 Å². The van der Waals surface area contributed by atoms with E-state index < -0.39 is 5.91 Å². The van der Waals surface area contributed by atoms with Crippen LogP contribution in [0.4, 0.5) is 0 Å². The van der Waals surface area contributed by atoms with E-state index in [0.717, 1.165) is 25.7 Å². The number of nitrogens with zero attached hydrogens (tertiary/aromatic N) is 2. The van der Waals surface area contributed by atoms with Crippen LogP contribution in [0.1, 0.15) is 58.8 Å². The third-order valence-corrected chi connectivity index (χ3v) is 6.06. The van der Waals surface area contributed by atoms with Crippen molar-refractivity contribution in [1.29, 1.82) is 0 Å². The fraction of sp³-hybridized carbons (Fsp3) is 0.737. The van der Waals surface area contributed by atoms with Crippen LogP contribution in [-0.4, -0.2) is 41.4 Å². The predicted octanol–water partition coefficient (Wildman–Crippen LogP) is 1.43. The molecule has 3 atom stereocenters. The van der Waals surface area contributed by atoms with Crippen molar-refractivity contribution in [2.45, 2.75) is 76.5 Å². The molecule has 3 aliphatic carbocycles. The van der Waals surface area contributed by atoms with E-state index in [0.29, 0.717) is 35.6 Å². The summed E-state index contributed by atoms with van der Waals surface area (Å²) in [4.78, 5) is 20.6. The molecule has 0 radical (unpaired) electrons. The number of rotatable bonds is 6. The molecule has 3 saturated carbocycles. The minimum Gasteiger partial charge on any atom is -0.393 e. The van der Waals surface area contributed by atoms with Crippen molar-refractivity contribution in [3.63, 3.8) is 0 Å². The largest absolute Gasteiger partial charge is 0.393 e. The molecule has 0 bridgehead atoms. The molecule has 0 aromatic rings. The molecule has 5 N–H and O–H groups in total. The van der Waals surface area contributed by atoms with Crippen LogP contribution in [0.3, 0.4) is 0 Å². The minimum absolute atomic E-state index is 0.0196. The van der Waals surface area contributed by atoms with Crippen LogP contribution in [0, 0.1) is 11.8 Å². The van der Waals surface area contributed by atoms with Crippen LogP contribution >= 0.6 is 0 Å². The monoisotopic (exact) mass is 361 g/mol. The second-order valence-electron chi connectivity index (χ2n) is 8.16. The molecule has 0 aromatic heterocycles. The molecule has 7 nitrogen and oxygen atoms in total. The van der Waals surface area contributed by atoms with E-state index in [2.05, 4.69) is 29.3 Å². The van der Waals surface area contributed by atoms with Gasteiger partial charge in [0.2, 0.25) is 11.9 Å². The molecule has 0 aliphatic heterocycles. The van der Waals surface area contributed by atoms with E-state index in [1.807, 2.05) is 0 Å². The van der Waals surface area contributed by atoms with Gasteiger partial charge in [-0.15, -0.1) is 0 Å². The number of amides is 1. The molecular formula is C19H31N5O2. The van der Waals surface area contributed by atoms with E-state index in [1.165, 1.54) is 12.8 Å². The van der Waals surface area contributed by atoms with Gasteiger partial charge in [0.15, 0.2) is 0 Å². The van der Waals surface area contributed by atoms with Gasteiger partial charge < -0.3 is 21.5 Å². The van der Waals surface area contributed by atoms with Gasteiger partial charge in [-0.1, -0.05) is 6.92 Å². The molecule has 7 heteroatoms. The van der Waals surface area contributed by atoms with E-state index >= 15 is 0 Å². The number of nitrogens with two attached hydrogens (primary N) is 1. The number of aliphatic imine (C=N–C) groups is 2. The highest BCUT2D eigenvalue weighted by atomic mass is 16.3. The lowest BCUT2D eigenvalue weighted by Gasteiger charge is -2.33. The first kappa shape index (κ1) is 18.9. The predicted molar refractivity (Wildman–Crippen MR) is 103 cm³/mol. The molecule has 3 aliphatic rings. The highest BCUT2D eigenvalue weighted by Gasteiger charge is 2.54. The SMILES string of the molecule is C=NC(=NC1(C2CC2)CC1)N/C(N[C@@H]1CC[C@@H](C)[C@H](O)C1)=C(\C)C(N)=O. The Morgan fingerprint density at radius 3 is 2.46 bits per heavy atom. The number of aliphatic hydroxyl groups is 1. The first-order chi connectivity index (χ1) is 12.3. The van der Waals surface area contributed by atoms with Crippen LogP contribution < -0.4 is 16.4 Å². The van der Waals surface area contributed by atoms with Gasteiger partial charge in [-0.05, 0) is 70.4 Å². The molecule has 0 aromatic carbocycles. The Morgan fingerprint density at radius 2 is 1.96 bits per heavy atom. The maximum Gasteiger partial charge on any atom is 0.247 e. The molecule has 144 valence electrons. The van der Waals surface area contributed by atoms with E-state index in [-0.39, 0.29) is 17.7 Å². The van der Waals surface area contributed by atoms with Gasteiger partial charge in [-0.3, -0.25) is 4.79 Å². The van der Waals surface area contributed by atoms with Gasteiger partial charge >= 0.3 is 0 Å². The molecule has 0 heterocycles. The number of primary amides is 1. The summed E-state index contributed by atoms with van der Waals surface area (Å²) in [6, 6.07) is 0.0717. The summed E-state index contributed by atoms with van der Waals surface area (Å²) >= 11 is 0. The number of carbonyl (C=O) groups is 1. The van der Waals surface area contributed by atoms with Gasteiger partial charge in [-0.2, -0.15) is 0 Å². The van der Waals surface area contributed by atoms with Crippen LogP contribution in [0.15, 0.2) is 21.4 Å². The maximum atomic E-state index is 11.7. The Labute approximate surface area is 155 Å². The zero-order valence-electron chi connectivity index (χ0n) is 15.8. The topological polar surface area (TPSA) is 112 Å². The van der Waals surface area contributed by atoms with E-state index in [4.69, 9.17) is 10.7 Å². The summed E-state index contributed by atoms with van der Waals surface area (Å²) in [5.74, 6) is 1.40. The number of guanidine groups is 1. The summed E-state index contributed by atoms with van der Waals surface area (Å²) in [5, 5.41) is 16.6. The van der Waals surface area contributed by atoms with Crippen molar-refractivity contribution in [2.24, 2.45) is 27.6 Å². The van der Waals surface area contributed by atoms with Crippen molar-refractivity contribution in [2.75, 3.05) is 0 Å². The van der Waals surface area contributed by atoms with Crippen LogP contribution in [0.2, 0.25) is 0 Å². The molecule has 0 unspecified atom stereocenters. The van der Waals surface area contributed by atoms with Crippen molar-refractivity contribution < 1.29 is 9.90 Å². The zero-order valence-corrected chi connectivity index (χ0v) is 15.8. The summed E-state index contributed by atoms with van der Waals surface area (Å²) in [6.07, 6.45) is 6.80. The number of carbonyl (C=O) groups excluding carboxylic acids is 1. The Hall–Kier alpha value is -1.89. The Balaban J connectivity index is 1.74. The van der Waals surface area contributed by atoms with E-state index in [9.17, 15) is 9.90 Å². The standard InChI is InChI=1S/C19H31N5O2/c1-11-4-7-14(10-15(11)25)22-17(12(2)16(20)26)23-18(21-3)24-19(8-9-19)13-5-6-13/h11,13-15,22,25H,3-10H2,1-2H3,(H2,20,26)(H,23,24)/b17-12+/t11-,14-,15-/m1/s1. The Kier molecular flexibility index (Phi) is 5.37. The number of hydrogen-bond donors (Lipinski definition) is 4. The van der Waals surface area contributed by atoms with Gasteiger partial charge in [0, 0.05) is 6.04 Å². The van der Waals surface area contributed by atoms with Crippen molar-refractivity contribution in [3.05, 3.63) is 11.4 Å². The number of hydrogen-bond acceptors (Lipinski definition) is 4. The van der Waals surface area contributed by atoms with Crippen LogP contribution in [-0.2, 0) is 4.79 Å². The summed E-state index contributed by atoms with van der Waals surface area (Å²) < 4.78 is 0. The first-order valence-corrected chi connectivity index (χ1v) is 9.63. The van der Waals surface area contributed by atoms with Crippen LogP contribution in [0.5, 0.6) is 0 Å². The zero-order chi connectivity index (χ0) is 18.9. The summed E-state index contributed by atoms with van der Waals surface area (Å²) in [5.41, 5.74) is 5.91. The summed E-state index contributed by atoms with van der Waals surface area (Å²) in [7, 11) is 0. The highest BCUT2D eigenvalue weighted by molar-refractivity contribution is 5.94. The average molecular weight is 361 g/mol. The fourth-order valence-corrected chi connectivity index (χ4v) is 3.78. The number of nitrogens with one attached hydrogen (secondary N) is 2. The fourth-order valence-electron chi connectivity index (χ4n) is 3.78. The lowest BCUT2D eigenvalue weighted by molar-refractivity contribution is -0.114. The molecule has 0 saturated heterocycles. The smallest absolute Gasteiger partial charge is 0.247 e. The molecule has 26 heavy (non-hydrogen) atoms. The average Bonchev–Trinajstić information content (AvgIpc) is 3.49. The van der Waals surface area contributed by atoms with Gasteiger partial charge in [0.05, 0.1) is 17.2 Å². The third kappa shape index (κ3) is 4.26. The molecule has 3 rings (SSSR count). The second-order valence-corrected chi connectivity index (χ2v) is 8.16. The highest BCUT2D eigenvalue weighted by Crippen LogP contribution is 2.56.